The number of carbonyl (C=O) groups is 2. The summed E-state index contributed by atoms with van der Waals surface area (Å²) in [6, 6.07) is 8.36. The predicted octanol–water partition coefficient (Wildman–Crippen LogP) is 2.45. The van der Waals surface area contributed by atoms with Gasteiger partial charge in [-0.1, -0.05) is 25.1 Å². The largest absolute Gasteiger partial charge is 0.337 e. The number of benzene rings is 1. The van der Waals surface area contributed by atoms with Gasteiger partial charge in [-0.3, -0.25) is 19.4 Å². The van der Waals surface area contributed by atoms with Crippen LogP contribution in [0.4, 0.5) is 5.69 Å². The average Bonchev–Trinajstić information content (AvgIpc) is 2.63. The number of aryl methyl sites for hydroxylation is 1. The van der Waals surface area contributed by atoms with Gasteiger partial charge in [-0.15, -0.1) is 0 Å². The minimum atomic E-state index is 0.0243. The highest BCUT2D eigenvalue weighted by atomic mass is 16.2. The van der Waals surface area contributed by atoms with Gasteiger partial charge in [0.15, 0.2) is 0 Å². The molecule has 1 heterocycles. The summed E-state index contributed by atoms with van der Waals surface area (Å²) in [6.45, 7) is 14.4. The highest BCUT2D eigenvalue weighted by Gasteiger charge is 2.25. The second-order valence-corrected chi connectivity index (χ2v) is 8.10. The maximum absolute atomic E-state index is 12.6. The number of amides is 2. The molecule has 0 saturated carbocycles. The molecule has 0 atom stereocenters. The number of rotatable bonds is 8. The molecule has 2 rings (SSSR count). The Kier molecular flexibility index (Phi) is 8.45. The SMILES string of the molecule is CCc1ccccc1NC(=O)CN1CCN(CC(=O)N(C(C)C)C(C)C)CC1. The Bertz CT molecular complexity index is 644. The molecule has 1 aromatic carbocycles. The number of nitrogens with zero attached hydrogens (tertiary/aromatic N) is 3. The summed E-state index contributed by atoms with van der Waals surface area (Å²) in [5.74, 6) is 0.212. The van der Waals surface area contributed by atoms with Gasteiger partial charge in [0.2, 0.25) is 11.8 Å². The molecule has 1 saturated heterocycles. The zero-order chi connectivity index (χ0) is 20.7. The number of piperazine rings is 1. The van der Waals surface area contributed by atoms with Crippen LogP contribution in [0.15, 0.2) is 24.3 Å². The fraction of sp³-hybridized carbons (Fsp3) is 0.636. The van der Waals surface area contributed by atoms with Crippen LogP contribution >= 0.6 is 0 Å². The molecule has 1 aliphatic heterocycles. The summed E-state index contributed by atoms with van der Waals surface area (Å²) in [5.41, 5.74) is 2.06. The Balaban J connectivity index is 1.79. The molecule has 156 valence electrons. The van der Waals surface area contributed by atoms with Crippen molar-refractivity contribution in [2.75, 3.05) is 44.6 Å². The summed E-state index contributed by atoms with van der Waals surface area (Å²) in [7, 11) is 0. The quantitative estimate of drug-likeness (QED) is 0.743. The molecular formula is C22H36N4O2. The molecule has 1 N–H and O–H groups in total. The summed E-state index contributed by atoms with van der Waals surface area (Å²) < 4.78 is 0. The van der Waals surface area contributed by atoms with Crippen LogP contribution in [0.1, 0.15) is 40.2 Å². The topological polar surface area (TPSA) is 55.9 Å². The average molecular weight is 389 g/mol. The van der Waals surface area contributed by atoms with E-state index in [2.05, 4.69) is 49.7 Å². The lowest BCUT2D eigenvalue weighted by Gasteiger charge is -2.37. The third kappa shape index (κ3) is 6.31. The van der Waals surface area contributed by atoms with Crippen LogP contribution in [0.3, 0.4) is 0 Å². The van der Waals surface area contributed by atoms with Gasteiger partial charge in [0.25, 0.3) is 0 Å². The molecule has 1 aliphatic rings. The molecule has 1 fully saturated rings. The smallest absolute Gasteiger partial charge is 0.238 e. The van der Waals surface area contributed by atoms with E-state index in [0.29, 0.717) is 13.1 Å². The van der Waals surface area contributed by atoms with Crippen molar-refractivity contribution in [1.29, 1.82) is 0 Å². The monoisotopic (exact) mass is 388 g/mol. The number of hydrogen-bond acceptors (Lipinski definition) is 4. The highest BCUT2D eigenvalue weighted by Crippen LogP contribution is 2.15. The van der Waals surface area contributed by atoms with Crippen molar-refractivity contribution in [2.45, 2.75) is 53.1 Å². The molecule has 6 nitrogen and oxygen atoms in total. The molecule has 0 unspecified atom stereocenters. The Labute approximate surface area is 169 Å². The Morgan fingerprint density at radius 1 is 0.964 bits per heavy atom. The first-order valence-electron chi connectivity index (χ1n) is 10.5. The van der Waals surface area contributed by atoms with E-state index in [9.17, 15) is 9.59 Å². The second-order valence-electron chi connectivity index (χ2n) is 8.10. The van der Waals surface area contributed by atoms with Gasteiger partial charge in [-0.2, -0.15) is 0 Å². The van der Waals surface area contributed by atoms with Crippen LogP contribution in [0.25, 0.3) is 0 Å². The zero-order valence-corrected chi connectivity index (χ0v) is 18.1. The summed E-state index contributed by atoms with van der Waals surface area (Å²) in [5, 5.41) is 3.04. The summed E-state index contributed by atoms with van der Waals surface area (Å²) in [6.07, 6.45) is 0.896. The van der Waals surface area contributed by atoms with E-state index >= 15 is 0 Å². The molecule has 28 heavy (non-hydrogen) atoms. The van der Waals surface area contributed by atoms with Gasteiger partial charge in [0.1, 0.15) is 0 Å². The van der Waals surface area contributed by atoms with E-state index in [0.717, 1.165) is 43.9 Å². The van der Waals surface area contributed by atoms with E-state index in [1.54, 1.807) is 0 Å². The van der Waals surface area contributed by atoms with Crippen molar-refractivity contribution in [1.82, 2.24) is 14.7 Å². The molecule has 0 bridgehead atoms. The maximum atomic E-state index is 12.6. The maximum Gasteiger partial charge on any atom is 0.238 e. The second kappa shape index (κ2) is 10.6. The Morgan fingerprint density at radius 2 is 1.50 bits per heavy atom. The van der Waals surface area contributed by atoms with Crippen molar-refractivity contribution >= 4 is 17.5 Å². The normalized spacial score (nSPS) is 15.8. The van der Waals surface area contributed by atoms with E-state index < -0.39 is 0 Å². The van der Waals surface area contributed by atoms with Gasteiger partial charge in [-0.25, -0.2) is 0 Å². The summed E-state index contributed by atoms with van der Waals surface area (Å²) in [4.78, 5) is 31.3. The van der Waals surface area contributed by atoms with Gasteiger partial charge < -0.3 is 10.2 Å². The van der Waals surface area contributed by atoms with Crippen LogP contribution in [-0.4, -0.2) is 77.9 Å². The standard InChI is InChI=1S/C22H36N4O2/c1-6-19-9-7-8-10-20(19)23-21(27)15-24-11-13-25(14-12-24)16-22(28)26(17(2)3)18(4)5/h7-10,17-18H,6,11-16H2,1-5H3,(H,23,27). The van der Waals surface area contributed by atoms with Gasteiger partial charge in [0.05, 0.1) is 13.1 Å². The van der Waals surface area contributed by atoms with Crippen LogP contribution in [-0.2, 0) is 16.0 Å². The fourth-order valence-corrected chi connectivity index (χ4v) is 3.89. The molecule has 0 spiro atoms. The number of anilines is 1. The third-order valence-electron chi connectivity index (χ3n) is 5.26. The van der Waals surface area contributed by atoms with Crippen LogP contribution < -0.4 is 5.32 Å². The van der Waals surface area contributed by atoms with E-state index in [1.807, 2.05) is 29.2 Å². The summed E-state index contributed by atoms with van der Waals surface area (Å²) >= 11 is 0. The van der Waals surface area contributed by atoms with Crippen LogP contribution in [0.2, 0.25) is 0 Å². The Hall–Kier alpha value is -1.92. The van der Waals surface area contributed by atoms with Crippen molar-refractivity contribution < 1.29 is 9.59 Å². The third-order valence-corrected chi connectivity index (χ3v) is 5.26. The van der Waals surface area contributed by atoms with Crippen molar-refractivity contribution in [2.24, 2.45) is 0 Å². The number of nitrogens with one attached hydrogen (secondary N) is 1. The fourth-order valence-electron chi connectivity index (χ4n) is 3.89. The van der Waals surface area contributed by atoms with E-state index in [1.165, 1.54) is 0 Å². The first-order valence-corrected chi connectivity index (χ1v) is 10.5. The molecular weight excluding hydrogens is 352 g/mol. The van der Waals surface area contributed by atoms with Gasteiger partial charge in [0, 0.05) is 44.0 Å². The number of para-hydroxylation sites is 1. The first kappa shape index (κ1) is 22.4. The minimum absolute atomic E-state index is 0.0243. The van der Waals surface area contributed by atoms with Crippen LogP contribution in [0.5, 0.6) is 0 Å². The van der Waals surface area contributed by atoms with Crippen molar-refractivity contribution in [3.05, 3.63) is 29.8 Å². The van der Waals surface area contributed by atoms with E-state index in [4.69, 9.17) is 0 Å². The van der Waals surface area contributed by atoms with Crippen molar-refractivity contribution in [3.63, 3.8) is 0 Å². The first-order chi connectivity index (χ1) is 13.3. The molecule has 2 amide bonds. The minimum Gasteiger partial charge on any atom is -0.337 e. The van der Waals surface area contributed by atoms with Crippen LogP contribution in [0, 0.1) is 0 Å². The van der Waals surface area contributed by atoms with Crippen molar-refractivity contribution in [3.8, 4) is 0 Å². The molecule has 1 aromatic rings. The lowest BCUT2D eigenvalue weighted by atomic mass is 10.1. The zero-order valence-electron chi connectivity index (χ0n) is 18.1. The number of hydrogen-bond donors (Lipinski definition) is 1. The van der Waals surface area contributed by atoms with E-state index in [-0.39, 0.29) is 23.9 Å². The molecule has 0 aliphatic carbocycles. The van der Waals surface area contributed by atoms with Gasteiger partial charge >= 0.3 is 0 Å². The molecule has 6 heteroatoms. The predicted molar refractivity (Wildman–Crippen MR) is 114 cm³/mol. The Morgan fingerprint density at radius 3 is 2.04 bits per heavy atom. The number of carbonyl (C=O) groups excluding carboxylic acids is 2. The molecule has 0 radical (unpaired) electrons. The molecule has 0 aromatic heterocycles. The van der Waals surface area contributed by atoms with Gasteiger partial charge in [-0.05, 0) is 45.7 Å². The lowest BCUT2D eigenvalue weighted by molar-refractivity contribution is -0.136. The lowest BCUT2D eigenvalue weighted by Crippen LogP contribution is -2.53. The highest BCUT2D eigenvalue weighted by molar-refractivity contribution is 5.93.